The van der Waals surface area contributed by atoms with Crippen molar-refractivity contribution in [2.75, 3.05) is 31.3 Å². The molecule has 118 valence electrons. The van der Waals surface area contributed by atoms with Crippen molar-refractivity contribution in [1.29, 1.82) is 0 Å². The molecule has 0 atom stereocenters. The van der Waals surface area contributed by atoms with Crippen LogP contribution in [0.2, 0.25) is 0 Å². The SMILES string of the molecule is COc1ccc(N(C)S(=O)(=O)c2ccc(N)cc2)cc1OC. The molecule has 2 aromatic carbocycles. The minimum absolute atomic E-state index is 0.166. The zero-order valence-electron chi connectivity index (χ0n) is 12.6. The van der Waals surface area contributed by atoms with E-state index >= 15 is 0 Å². The fourth-order valence-electron chi connectivity index (χ4n) is 1.96. The first-order chi connectivity index (χ1) is 10.4. The smallest absolute Gasteiger partial charge is 0.264 e. The molecule has 0 amide bonds. The Morgan fingerprint density at radius 1 is 0.955 bits per heavy atom. The van der Waals surface area contributed by atoms with Crippen molar-refractivity contribution in [3.8, 4) is 11.5 Å². The van der Waals surface area contributed by atoms with E-state index in [1.54, 1.807) is 30.3 Å². The topological polar surface area (TPSA) is 81.9 Å². The molecule has 0 aromatic heterocycles. The van der Waals surface area contributed by atoms with E-state index in [-0.39, 0.29) is 4.90 Å². The number of anilines is 2. The van der Waals surface area contributed by atoms with Gasteiger partial charge in [-0.05, 0) is 36.4 Å². The van der Waals surface area contributed by atoms with Crippen LogP contribution in [0.25, 0.3) is 0 Å². The maximum absolute atomic E-state index is 12.6. The minimum atomic E-state index is -3.67. The van der Waals surface area contributed by atoms with Crippen LogP contribution >= 0.6 is 0 Å². The third-order valence-corrected chi connectivity index (χ3v) is 5.07. The summed E-state index contributed by atoms with van der Waals surface area (Å²) in [5.74, 6) is 0.990. The third kappa shape index (κ3) is 2.94. The molecule has 2 N–H and O–H groups in total. The Kier molecular flexibility index (Phi) is 4.46. The molecule has 22 heavy (non-hydrogen) atoms. The molecule has 0 saturated carbocycles. The second-order valence-corrected chi connectivity index (χ2v) is 6.55. The summed E-state index contributed by atoms with van der Waals surface area (Å²) in [6.45, 7) is 0. The average Bonchev–Trinajstić information content (AvgIpc) is 2.53. The standard InChI is InChI=1S/C15H18N2O4S/c1-17(12-6-9-14(20-2)15(10-12)21-3)22(18,19)13-7-4-11(16)5-8-13/h4-10H,16H2,1-3H3. The summed E-state index contributed by atoms with van der Waals surface area (Å²) >= 11 is 0. The van der Waals surface area contributed by atoms with E-state index in [0.29, 0.717) is 22.9 Å². The van der Waals surface area contributed by atoms with Gasteiger partial charge < -0.3 is 15.2 Å². The molecule has 6 nitrogen and oxygen atoms in total. The highest BCUT2D eigenvalue weighted by molar-refractivity contribution is 7.92. The van der Waals surface area contributed by atoms with Gasteiger partial charge in [0, 0.05) is 18.8 Å². The van der Waals surface area contributed by atoms with Crippen molar-refractivity contribution in [3.05, 3.63) is 42.5 Å². The maximum Gasteiger partial charge on any atom is 0.264 e. The molecule has 0 unspecified atom stereocenters. The van der Waals surface area contributed by atoms with E-state index in [1.165, 1.54) is 37.7 Å². The number of nitrogen functional groups attached to an aromatic ring is 1. The Bertz CT molecular complexity index is 758. The fourth-order valence-corrected chi connectivity index (χ4v) is 3.14. The molecule has 0 radical (unpaired) electrons. The van der Waals surface area contributed by atoms with Gasteiger partial charge in [0.15, 0.2) is 11.5 Å². The van der Waals surface area contributed by atoms with Gasteiger partial charge in [0.1, 0.15) is 0 Å². The van der Waals surface area contributed by atoms with Crippen LogP contribution in [0.4, 0.5) is 11.4 Å². The first kappa shape index (κ1) is 16.0. The van der Waals surface area contributed by atoms with Crippen LogP contribution in [0.15, 0.2) is 47.4 Å². The number of ether oxygens (including phenoxy) is 2. The molecule has 0 spiro atoms. The van der Waals surface area contributed by atoms with Crippen LogP contribution in [0.3, 0.4) is 0 Å². The van der Waals surface area contributed by atoms with E-state index in [9.17, 15) is 8.42 Å². The first-order valence-electron chi connectivity index (χ1n) is 6.46. The summed E-state index contributed by atoms with van der Waals surface area (Å²) in [5, 5.41) is 0. The maximum atomic E-state index is 12.6. The second-order valence-electron chi connectivity index (χ2n) is 4.58. The molecule has 0 bridgehead atoms. The highest BCUT2D eigenvalue weighted by Crippen LogP contribution is 2.33. The first-order valence-corrected chi connectivity index (χ1v) is 7.90. The van der Waals surface area contributed by atoms with Crippen LogP contribution < -0.4 is 19.5 Å². The lowest BCUT2D eigenvalue weighted by molar-refractivity contribution is 0.355. The summed E-state index contributed by atoms with van der Waals surface area (Å²) in [6, 6.07) is 11.0. The number of rotatable bonds is 5. The van der Waals surface area contributed by atoms with Crippen molar-refractivity contribution in [2.45, 2.75) is 4.90 Å². The Morgan fingerprint density at radius 3 is 2.09 bits per heavy atom. The van der Waals surface area contributed by atoms with Crippen molar-refractivity contribution < 1.29 is 17.9 Å². The van der Waals surface area contributed by atoms with Gasteiger partial charge in [-0.3, -0.25) is 4.31 Å². The van der Waals surface area contributed by atoms with Gasteiger partial charge in [-0.1, -0.05) is 0 Å². The second kappa shape index (κ2) is 6.15. The fraction of sp³-hybridized carbons (Fsp3) is 0.200. The van der Waals surface area contributed by atoms with Gasteiger partial charge >= 0.3 is 0 Å². The lowest BCUT2D eigenvalue weighted by Crippen LogP contribution is -2.26. The van der Waals surface area contributed by atoms with Crippen molar-refractivity contribution in [3.63, 3.8) is 0 Å². The monoisotopic (exact) mass is 322 g/mol. The number of nitrogens with zero attached hydrogens (tertiary/aromatic N) is 1. The van der Waals surface area contributed by atoms with Gasteiger partial charge in [-0.15, -0.1) is 0 Å². The van der Waals surface area contributed by atoms with Gasteiger partial charge in [-0.2, -0.15) is 0 Å². The molecule has 0 saturated heterocycles. The lowest BCUT2D eigenvalue weighted by Gasteiger charge is -2.20. The molecular weight excluding hydrogens is 304 g/mol. The average molecular weight is 322 g/mol. The molecule has 0 aliphatic heterocycles. The van der Waals surface area contributed by atoms with Crippen LogP contribution in [0, 0.1) is 0 Å². The van der Waals surface area contributed by atoms with Crippen LogP contribution in [-0.4, -0.2) is 29.7 Å². The van der Waals surface area contributed by atoms with E-state index in [4.69, 9.17) is 15.2 Å². The van der Waals surface area contributed by atoms with Crippen molar-refractivity contribution in [2.24, 2.45) is 0 Å². The van der Waals surface area contributed by atoms with E-state index in [1.807, 2.05) is 0 Å². The van der Waals surface area contributed by atoms with Gasteiger partial charge in [-0.25, -0.2) is 8.42 Å². The highest BCUT2D eigenvalue weighted by atomic mass is 32.2. The largest absolute Gasteiger partial charge is 0.493 e. The summed E-state index contributed by atoms with van der Waals surface area (Å²) in [7, 11) is 0.823. The Balaban J connectivity index is 2.42. The summed E-state index contributed by atoms with van der Waals surface area (Å²) in [4.78, 5) is 0.166. The number of hydrogen-bond donors (Lipinski definition) is 1. The van der Waals surface area contributed by atoms with E-state index in [2.05, 4.69) is 0 Å². The molecular formula is C15H18N2O4S. The van der Waals surface area contributed by atoms with Crippen molar-refractivity contribution >= 4 is 21.4 Å². The number of nitrogens with two attached hydrogens (primary N) is 1. The number of sulfonamides is 1. The molecule has 0 aliphatic carbocycles. The van der Waals surface area contributed by atoms with E-state index < -0.39 is 10.0 Å². The molecule has 0 aliphatic rings. The lowest BCUT2D eigenvalue weighted by atomic mass is 10.3. The Hall–Kier alpha value is -2.41. The van der Waals surface area contributed by atoms with E-state index in [0.717, 1.165) is 0 Å². The summed E-state index contributed by atoms with van der Waals surface area (Å²) in [6.07, 6.45) is 0. The summed E-state index contributed by atoms with van der Waals surface area (Å²) < 4.78 is 36.7. The zero-order valence-corrected chi connectivity index (χ0v) is 13.4. The number of methoxy groups -OCH3 is 2. The van der Waals surface area contributed by atoms with Crippen molar-refractivity contribution in [1.82, 2.24) is 0 Å². The highest BCUT2D eigenvalue weighted by Gasteiger charge is 2.22. The normalized spacial score (nSPS) is 11.0. The molecule has 0 fully saturated rings. The Morgan fingerprint density at radius 2 is 1.55 bits per heavy atom. The molecule has 2 aromatic rings. The molecule has 7 heteroatoms. The van der Waals surface area contributed by atoms with Gasteiger partial charge in [0.05, 0.1) is 24.8 Å². The Labute approximate surface area is 130 Å². The van der Waals surface area contributed by atoms with Gasteiger partial charge in [0.2, 0.25) is 0 Å². The minimum Gasteiger partial charge on any atom is -0.493 e. The van der Waals surface area contributed by atoms with Crippen LogP contribution in [0.1, 0.15) is 0 Å². The number of benzene rings is 2. The van der Waals surface area contributed by atoms with Crippen LogP contribution in [-0.2, 0) is 10.0 Å². The predicted octanol–water partition coefficient (Wildman–Crippen LogP) is 2.11. The zero-order chi connectivity index (χ0) is 16.3. The predicted molar refractivity (Wildman–Crippen MR) is 86.0 cm³/mol. The van der Waals surface area contributed by atoms with Gasteiger partial charge in [0.25, 0.3) is 10.0 Å². The van der Waals surface area contributed by atoms with Crippen LogP contribution in [0.5, 0.6) is 11.5 Å². The quantitative estimate of drug-likeness (QED) is 0.853. The third-order valence-electron chi connectivity index (χ3n) is 3.27. The number of hydrogen-bond acceptors (Lipinski definition) is 5. The molecule has 0 heterocycles. The summed E-state index contributed by atoms with van der Waals surface area (Å²) in [5.41, 5.74) is 6.56. The molecule has 2 rings (SSSR count).